The first-order valence-electron chi connectivity index (χ1n) is 11.2. The maximum Gasteiger partial charge on any atom is 0.325 e. The molecule has 2 atom stereocenters. The Balaban J connectivity index is 1.99. The maximum absolute atomic E-state index is 12.6. The molecule has 2 rings (SSSR count). The Morgan fingerprint density at radius 2 is 1.85 bits per heavy atom. The van der Waals surface area contributed by atoms with Crippen LogP contribution >= 0.6 is 0 Å². The number of esters is 2. The highest BCUT2D eigenvalue weighted by Gasteiger charge is 2.24. The highest BCUT2D eigenvalue weighted by Crippen LogP contribution is 2.29. The van der Waals surface area contributed by atoms with Crippen LogP contribution in [-0.2, 0) is 25.5 Å². The van der Waals surface area contributed by atoms with Crippen molar-refractivity contribution >= 4 is 17.8 Å². The van der Waals surface area contributed by atoms with Gasteiger partial charge < -0.3 is 24.3 Å². The third-order valence-corrected chi connectivity index (χ3v) is 4.94. The Morgan fingerprint density at radius 3 is 2.50 bits per heavy atom. The number of amides is 1. The number of benzene rings is 1. The van der Waals surface area contributed by atoms with Crippen molar-refractivity contribution in [3.63, 3.8) is 0 Å². The average molecular weight is 473 g/mol. The summed E-state index contributed by atoms with van der Waals surface area (Å²) in [6.45, 7) is 5.73. The topological polar surface area (TPSA) is 113 Å². The van der Waals surface area contributed by atoms with Gasteiger partial charge in [-0.25, -0.2) is 4.98 Å². The Morgan fingerprint density at radius 1 is 1.12 bits per heavy atom. The van der Waals surface area contributed by atoms with E-state index in [-0.39, 0.29) is 29.7 Å². The standard InChI is InChI=1S/C25H32N2O7/c1-5-13-32-16-20(14-19-9-7-6-8-10-19)17(2)33-22(29)15-27-25(30)23-24(34-18(3)28)21(31-4)11-12-26-23/h6-12,17,20H,5,13-16H2,1-4H3,(H,27,30)/t17-,20+/m0/s1. The monoisotopic (exact) mass is 472 g/mol. The van der Waals surface area contributed by atoms with Crippen molar-refractivity contribution in [2.75, 3.05) is 26.9 Å². The molecule has 0 saturated carbocycles. The molecule has 0 fully saturated rings. The second-order valence-electron chi connectivity index (χ2n) is 7.69. The number of nitrogens with one attached hydrogen (secondary N) is 1. The van der Waals surface area contributed by atoms with Gasteiger partial charge in [-0.2, -0.15) is 0 Å². The third-order valence-electron chi connectivity index (χ3n) is 4.94. The van der Waals surface area contributed by atoms with E-state index in [4.69, 9.17) is 18.9 Å². The Hall–Kier alpha value is -3.46. The number of methoxy groups -OCH3 is 1. The molecular weight excluding hydrogens is 440 g/mol. The molecule has 0 aliphatic heterocycles. The summed E-state index contributed by atoms with van der Waals surface area (Å²) >= 11 is 0. The first kappa shape index (κ1) is 26.8. The minimum atomic E-state index is -0.702. The molecule has 1 amide bonds. The quantitative estimate of drug-likeness (QED) is 0.350. The number of hydrogen-bond donors (Lipinski definition) is 1. The normalized spacial score (nSPS) is 12.4. The SMILES string of the molecule is CCCOC[C@@H](Cc1ccccc1)[C@H](C)OC(=O)CNC(=O)c1nccc(OC)c1OC(C)=O. The predicted molar refractivity (Wildman–Crippen MR) is 125 cm³/mol. The molecule has 9 nitrogen and oxygen atoms in total. The summed E-state index contributed by atoms with van der Waals surface area (Å²) in [6, 6.07) is 11.4. The van der Waals surface area contributed by atoms with Gasteiger partial charge in [-0.1, -0.05) is 37.3 Å². The lowest BCUT2D eigenvalue weighted by Gasteiger charge is -2.24. The minimum absolute atomic E-state index is 0.0516. The van der Waals surface area contributed by atoms with Gasteiger partial charge in [0.1, 0.15) is 12.6 Å². The van der Waals surface area contributed by atoms with Gasteiger partial charge in [-0.05, 0) is 25.3 Å². The third kappa shape index (κ3) is 8.47. The molecule has 34 heavy (non-hydrogen) atoms. The van der Waals surface area contributed by atoms with Crippen LogP contribution in [-0.4, -0.2) is 55.8 Å². The largest absolute Gasteiger partial charge is 0.493 e. The molecule has 0 aliphatic rings. The van der Waals surface area contributed by atoms with Crippen LogP contribution in [0.2, 0.25) is 0 Å². The van der Waals surface area contributed by atoms with Crippen molar-refractivity contribution in [3.8, 4) is 11.5 Å². The van der Waals surface area contributed by atoms with Crippen LogP contribution in [0.5, 0.6) is 11.5 Å². The first-order chi connectivity index (χ1) is 16.3. The van der Waals surface area contributed by atoms with E-state index in [1.54, 1.807) is 0 Å². The lowest BCUT2D eigenvalue weighted by atomic mass is 9.95. The molecule has 184 valence electrons. The number of aromatic nitrogens is 1. The maximum atomic E-state index is 12.6. The van der Waals surface area contributed by atoms with E-state index in [9.17, 15) is 14.4 Å². The number of carbonyl (C=O) groups is 3. The first-order valence-corrected chi connectivity index (χ1v) is 11.2. The molecule has 1 heterocycles. The zero-order valence-corrected chi connectivity index (χ0v) is 20.0. The van der Waals surface area contributed by atoms with Crippen molar-refractivity contribution in [2.45, 2.75) is 39.7 Å². The van der Waals surface area contributed by atoms with Gasteiger partial charge in [0, 0.05) is 31.7 Å². The fourth-order valence-corrected chi connectivity index (χ4v) is 3.23. The van der Waals surface area contributed by atoms with E-state index in [1.165, 1.54) is 26.3 Å². The van der Waals surface area contributed by atoms with E-state index < -0.39 is 23.9 Å². The van der Waals surface area contributed by atoms with Gasteiger partial charge in [0.25, 0.3) is 5.91 Å². The van der Waals surface area contributed by atoms with Gasteiger partial charge >= 0.3 is 11.9 Å². The van der Waals surface area contributed by atoms with E-state index in [1.807, 2.05) is 44.2 Å². The van der Waals surface area contributed by atoms with Crippen molar-refractivity contribution < 1.29 is 33.3 Å². The van der Waals surface area contributed by atoms with E-state index in [0.29, 0.717) is 19.6 Å². The van der Waals surface area contributed by atoms with Gasteiger partial charge in [0.2, 0.25) is 5.75 Å². The second kappa shape index (κ2) is 13.9. The summed E-state index contributed by atoms with van der Waals surface area (Å²) in [7, 11) is 1.37. The lowest BCUT2D eigenvalue weighted by Crippen LogP contribution is -2.36. The van der Waals surface area contributed by atoms with Crippen molar-refractivity contribution in [1.82, 2.24) is 10.3 Å². The Bertz CT molecular complexity index is 950. The van der Waals surface area contributed by atoms with Crippen molar-refractivity contribution in [2.24, 2.45) is 5.92 Å². The highest BCUT2D eigenvalue weighted by atomic mass is 16.6. The smallest absolute Gasteiger partial charge is 0.325 e. The molecule has 2 aromatic rings. The van der Waals surface area contributed by atoms with Gasteiger partial charge in [-0.3, -0.25) is 14.4 Å². The number of hydrogen-bond acceptors (Lipinski definition) is 8. The predicted octanol–water partition coefficient (Wildman–Crippen LogP) is 2.96. The summed E-state index contributed by atoms with van der Waals surface area (Å²) in [6.07, 6.45) is 2.48. The average Bonchev–Trinajstić information content (AvgIpc) is 2.82. The van der Waals surface area contributed by atoms with Crippen LogP contribution in [0, 0.1) is 5.92 Å². The van der Waals surface area contributed by atoms with Gasteiger partial charge in [0.05, 0.1) is 13.7 Å². The molecule has 0 aliphatic carbocycles. The Labute approximate surface area is 199 Å². The Kier molecular flexibility index (Phi) is 11.0. The molecule has 0 unspecified atom stereocenters. The lowest BCUT2D eigenvalue weighted by molar-refractivity contribution is -0.150. The molecule has 1 aromatic carbocycles. The fraction of sp³-hybridized carbons (Fsp3) is 0.440. The molecule has 0 radical (unpaired) electrons. The molecule has 0 spiro atoms. The fourth-order valence-electron chi connectivity index (χ4n) is 3.23. The summed E-state index contributed by atoms with van der Waals surface area (Å²) in [5.74, 6) is -1.94. The zero-order valence-electron chi connectivity index (χ0n) is 20.0. The van der Waals surface area contributed by atoms with Crippen LogP contribution in [0.25, 0.3) is 0 Å². The number of rotatable bonds is 13. The van der Waals surface area contributed by atoms with Crippen LogP contribution in [0.15, 0.2) is 42.6 Å². The molecule has 9 heteroatoms. The molecular formula is C25H32N2O7. The van der Waals surface area contributed by atoms with Gasteiger partial charge in [-0.15, -0.1) is 0 Å². The van der Waals surface area contributed by atoms with Crippen LogP contribution in [0.4, 0.5) is 0 Å². The molecule has 1 aromatic heterocycles. The van der Waals surface area contributed by atoms with Crippen LogP contribution in [0.1, 0.15) is 43.2 Å². The summed E-state index contributed by atoms with van der Waals surface area (Å²) in [4.78, 5) is 40.4. The van der Waals surface area contributed by atoms with Crippen molar-refractivity contribution in [3.05, 3.63) is 53.9 Å². The number of pyridine rings is 1. The second-order valence-corrected chi connectivity index (χ2v) is 7.69. The van der Waals surface area contributed by atoms with Crippen LogP contribution < -0.4 is 14.8 Å². The van der Waals surface area contributed by atoms with E-state index in [2.05, 4.69) is 10.3 Å². The number of ether oxygens (including phenoxy) is 4. The zero-order chi connectivity index (χ0) is 24.9. The van der Waals surface area contributed by atoms with E-state index in [0.717, 1.165) is 12.0 Å². The van der Waals surface area contributed by atoms with Gasteiger partial charge in [0.15, 0.2) is 11.4 Å². The number of nitrogens with zero attached hydrogens (tertiary/aromatic N) is 1. The number of carbonyl (C=O) groups excluding carboxylic acids is 3. The summed E-state index contributed by atoms with van der Waals surface area (Å²) in [5.41, 5.74) is 0.941. The van der Waals surface area contributed by atoms with E-state index >= 15 is 0 Å². The summed E-state index contributed by atoms with van der Waals surface area (Å²) < 4.78 is 21.5. The highest BCUT2D eigenvalue weighted by molar-refractivity contribution is 5.98. The molecule has 1 N–H and O–H groups in total. The van der Waals surface area contributed by atoms with Crippen molar-refractivity contribution in [1.29, 1.82) is 0 Å². The molecule has 0 bridgehead atoms. The molecule has 0 saturated heterocycles. The minimum Gasteiger partial charge on any atom is -0.493 e. The van der Waals surface area contributed by atoms with Crippen LogP contribution in [0.3, 0.4) is 0 Å². The summed E-state index contributed by atoms with van der Waals surface area (Å²) in [5, 5.41) is 2.46.